The molecule has 0 aliphatic carbocycles. The van der Waals surface area contributed by atoms with Crippen LogP contribution in [0.3, 0.4) is 0 Å². The summed E-state index contributed by atoms with van der Waals surface area (Å²) in [4.78, 5) is 2.20. The first-order valence-electron chi connectivity index (χ1n) is 7.73. The lowest BCUT2D eigenvalue weighted by atomic mass is 10.0. The minimum atomic E-state index is -0.503. The van der Waals surface area contributed by atoms with Crippen molar-refractivity contribution in [2.75, 3.05) is 19.6 Å². The fourth-order valence-electron chi connectivity index (χ4n) is 2.67. The Kier molecular flexibility index (Phi) is 5.39. The number of halogens is 1. The van der Waals surface area contributed by atoms with E-state index in [1.165, 1.54) is 0 Å². The Morgan fingerprint density at radius 1 is 1.30 bits per heavy atom. The Balaban J connectivity index is 1.48. The van der Waals surface area contributed by atoms with Gasteiger partial charge in [-0.05, 0) is 48.9 Å². The minimum Gasteiger partial charge on any atom is -0.488 e. The summed E-state index contributed by atoms with van der Waals surface area (Å²) in [5, 5.41) is 11.0. The summed E-state index contributed by atoms with van der Waals surface area (Å²) in [5.41, 5.74) is 0. The standard InChI is InChI=1S/C18H20ClNO3/c19-14-5-7-16(8-6-14)23-18-9-11-20(13-17(18)21)10-1-3-15-4-2-12-22-15/h1-8,12,17-18,21H,9-11,13H2/b3-1+/t17-,18-/m1/s1. The Morgan fingerprint density at radius 2 is 2.13 bits per heavy atom. The van der Waals surface area contributed by atoms with Crippen molar-refractivity contribution in [3.63, 3.8) is 0 Å². The van der Waals surface area contributed by atoms with Crippen molar-refractivity contribution in [1.29, 1.82) is 0 Å². The quantitative estimate of drug-likeness (QED) is 0.910. The molecule has 1 saturated heterocycles. The lowest BCUT2D eigenvalue weighted by Crippen LogP contribution is -2.48. The Labute approximate surface area is 140 Å². The lowest BCUT2D eigenvalue weighted by molar-refractivity contribution is -0.0220. The molecule has 0 bridgehead atoms. The number of aliphatic hydroxyl groups is 1. The Bertz CT molecular complexity index is 624. The van der Waals surface area contributed by atoms with E-state index in [1.807, 2.05) is 36.4 Å². The van der Waals surface area contributed by atoms with E-state index in [-0.39, 0.29) is 6.10 Å². The molecule has 0 amide bonds. The zero-order chi connectivity index (χ0) is 16.1. The molecule has 2 atom stereocenters. The maximum atomic E-state index is 10.3. The predicted molar refractivity (Wildman–Crippen MR) is 90.7 cm³/mol. The van der Waals surface area contributed by atoms with Gasteiger partial charge in [-0.15, -0.1) is 0 Å². The highest BCUT2D eigenvalue weighted by molar-refractivity contribution is 6.30. The van der Waals surface area contributed by atoms with Crippen molar-refractivity contribution < 1.29 is 14.3 Å². The third-order valence-corrected chi connectivity index (χ3v) is 4.15. The highest BCUT2D eigenvalue weighted by Gasteiger charge is 2.28. The van der Waals surface area contributed by atoms with E-state index >= 15 is 0 Å². The van der Waals surface area contributed by atoms with Gasteiger partial charge in [-0.3, -0.25) is 4.90 Å². The van der Waals surface area contributed by atoms with Gasteiger partial charge in [0.15, 0.2) is 0 Å². The number of furan rings is 1. The average Bonchev–Trinajstić information content (AvgIpc) is 3.05. The van der Waals surface area contributed by atoms with E-state index in [2.05, 4.69) is 4.90 Å². The van der Waals surface area contributed by atoms with Gasteiger partial charge in [0.2, 0.25) is 0 Å². The lowest BCUT2D eigenvalue weighted by Gasteiger charge is -2.35. The SMILES string of the molecule is O[C@@H]1CN(C/C=C/c2ccco2)CC[C@H]1Oc1ccc(Cl)cc1. The van der Waals surface area contributed by atoms with Gasteiger partial charge in [0.05, 0.1) is 6.26 Å². The molecule has 4 nitrogen and oxygen atoms in total. The highest BCUT2D eigenvalue weighted by Crippen LogP contribution is 2.21. The molecule has 1 aliphatic rings. The van der Waals surface area contributed by atoms with E-state index in [0.29, 0.717) is 11.6 Å². The number of aliphatic hydroxyl groups excluding tert-OH is 1. The minimum absolute atomic E-state index is 0.179. The summed E-state index contributed by atoms with van der Waals surface area (Å²) >= 11 is 5.86. The molecule has 5 heteroatoms. The van der Waals surface area contributed by atoms with Crippen LogP contribution < -0.4 is 4.74 Å². The molecule has 1 aliphatic heterocycles. The molecule has 1 aromatic carbocycles. The third kappa shape index (κ3) is 4.61. The number of likely N-dealkylation sites (tertiary alicyclic amines) is 1. The van der Waals surface area contributed by atoms with Crippen LogP contribution in [0.1, 0.15) is 12.2 Å². The van der Waals surface area contributed by atoms with Crippen LogP contribution in [0.2, 0.25) is 5.02 Å². The maximum absolute atomic E-state index is 10.3. The Morgan fingerprint density at radius 3 is 2.83 bits per heavy atom. The molecule has 1 fully saturated rings. The number of ether oxygens (including phenoxy) is 1. The van der Waals surface area contributed by atoms with Gasteiger partial charge in [0, 0.05) is 24.7 Å². The van der Waals surface area contributed by atoms with Crippen LogP contribution in [0.15, 0.2) is 53.2 Å². The van der Waals surface area contributed by atoms with Gasteiger partial charge in [-0.1, -0.05) is 17.7 Å². The van der Waals surface area contributed by atoms with Crippen LogP contribution in [-0.4, -0.2) is 41.8 Å². The fourth-order valence-corrected chi connectivity index (χ4v) is 2.80. The number of hydrogen-bond acceptors (Lipinski definition) is 4. The molecule has 23 heavy (non-hydrogen) atoms. The number of benzene rings is 1. The number of β-amino-alcohol motifs (C(OH)–C–C–N with tert-alkyl or cyclic N) is 1. The monoisotopic (exact) mass is 333 g/mol. The summed E-state index contributed by atoms with van der Waals surface area (Å²) in [7, 11) is 0. The molecule has 2 aromatic rings. The van der Waals surface area contributed by atoms with Crippen LogP contribution in [-0.2, 0) is 0 Å². The zero-order valence-corrected chi connectivity index (χ0v) is 13.5. The van der Waals surface area contributed by atoms with E-state index in [9.17, 15) is 5.11 Å². The molecule has 1 aromatic heterocycles. The molecule has 0 saturated carbocycles. The topological polar surface area (TPSA) is 45.8 Å². The van der Waals surface area contributed by atoms with Crippen molar-refractivity contribution in [3.05, 3.63) is 59.5 Å². The highest BCUT2D eigenvalue weighted by atomic mass is 35.5. The van der Waals surface area contributed by atoms with E-state index < -0.39 is 6.10 Å². The first-order valence-corrected chi connectivity index (χ1v) is 8.11. The summed E-state index contributed by atoms with van der Waals surface area (Å²) in [6.45, 7) is 2.27. The predicted octanol–water partition coefficient (Wildman–Crippen LogP) is 3.46. The number of piperidine rings is 1. The third-order valence-electron chi connectivity index (χ3n) is 3.89. The smallest absolute Gasteiger partial charge is 0.127 e. The number of rotatable bonds is 5. The second-order valence-electron chi connectivity index (χ2n) is 5.64. The number of hydrogen-bond donors (Lipinski definition) is 1. The summed E-state index contributed by atoms with van der Waals surface area (Å²) in [6.07, 6.45) is 5.76. The van der Waals surface area contributed by atoms with Crippen LogP contribution in [0.4, 0.5) is 0 Å². The van der Waals surface area contributed by atoms with Crippen molar-refractivity contribution in [2.45, 2.75) is 18.6 Å². The largest absolute Gasteiger partial charge is 0.488 e. The fraction of sp³-hybridized carbons (Fsp3) is 0.333. The van der Waals surface area contributed by atoms with Gasteiger partial charge in [-0.25, -0.2) is 0 Å². The molecule has 0 unspecified atom stereocenters. The molecule has 0 spiro atoms. The normalized spacial score (nSPS) is 22.5. The summed E-state index contributed by atoms with van der Waals surface area (Å²) < 4.78 is 11.1. The molecular formula is C18H20ClNO3. The molecule has 122 valence electrons. The Hall–Kier alpha value is -1.75. The molecular weight excluding hydrogens is 314 g/mol. The second-order valence-corrected chi connectivity index (χ2v) is 6.08. The van der Waals surface area contributed by atoms with Gasteiger partial charge in [0.25, 0.3) is 0 Å². The summed E-state index contributed by atoms with van der Waals surface area (Å²) in [5.74, 6) is 1.58. The van der Waals surface area contributed by atoms with Crippen LogP contribution in [0, 0.1) is 0 Å². The van der Waals surface area contributed by atoms with Crippen LogP contribution in [0.25, 0.3) is 6.08 Å². The van der Waals surface area contributed by atoms with Crippen LogP contribution in [0.5, 0.6) is 5.75 Å². The molecule has 3 rings (SSSR count). The van der Waals surface area contributed by atoms with E-state index in [4.69, 9.17) is 20.8 Å². The van der Waals surface area contributed by atoms with Gasteiger partial charge in [-0.2, -0.15) is 0 Å². The van der Waals surface area contributed by atoms with E-state index in [0.717, 1.165) is 31.0 Å². The van der Waals surface area contributed by atoms with Crippen LogP contribution >= 0.6 is 11.6 Å². The number of nitrogens with zero attached hydrogens (tertiary/aromatic N) is 1. The zero-order valence-electron chi connectivity index (χ0n) is 12.8. The van der Waals surface area contributed by atoms with Crippen molar-refractivity contribution >= 4 is 17.7 Å². The average molecular weight is 334 g/mol. The van der Waals surface area contributed by atoms with Gasteiger partial charge >= 0.3 is 0 Å². The maximum Gasteiger partial charge on any atom is 0.127 e. The van der Waals surface area contributed by atoms with Gasteiger partial charge < -0.3 is 14.3 Å². The van der Waals surface area contributed by atoms with Crippen molar-refractivity contribution in [2.24, 2.45) is 0 Å². The van der Waals surface area contributed by atoms with Gasteiger partial charge in [0.1, 0.15) is 23.7 Å². The first-order chi connectivity index (χ1) is 11.2. The van der Waals surface area contributed by atoms with E-state index in [1.54, 1.807) is 18.4 Å². The summed E-state index contributed by atoms with van der Waals surface area (Å²) in [6, 6.07) is 11.0. The first kappa shape index (κ1) is 16.1. The molecule has 0 radical (unpaired) electrons. The van der Waals surface area contributed by atoms with Crippen molar-refractivity contribution in [3.8, 4) is 5.75 Å². The second kappa shape index (κ2) is 7.68. The molecule has 1 N–H and O–H groups in total. The molecule has 2 heterocycles. The van der Waals surface area contributed by atoms with Crippen molar-refractivity contribution in [1.82, 2.24) is 4.90 Å².